The molecule has 4 atom stereocenters. The standard InChI is InChI=1S/C15H17NO2/c1-10(11-6-3-2-4-7-11)16-14(17)12-8-5-9-13(12)15(16)18/h2-8,10,12-14,17H,9H2,1H3/t10-,12-,13+,14+/m1/s1. The maximum atomic E-state index is 12.3. The number of fused-ring (bicyclic) bond motifs is 1. The van der Waals surface area contributed by atoms with Crippen molar-refractivity contribution in [2.45, 2.75) is 25.6 Å². The average molecular weight is 243 g/mol. The first-order valence-electron chi connectivity index (χ1n) is 6.42. The van der Waals surface area contributed by atoms with Gasteiger partial charge in [0.25, 0.3) is 0 Å². The van der Waals surface area contributed by atoms with Gasteiger partial charge in [-0.25, -0.2) is 0 Å². The smallest absolute Gasteiger partial charge is 0.229 e. The topological polar surface area (TPSA) is 40.5 Å². The van der Waals surface area contributed by atoms with Crippen LogP contribution in [0.3, 0.4) is 0 Å². The quantitative estimate of drug-likeness (QED) is 0.808. The monoisotopic (exact) mass is 243 g/mol. The van der Waals surface area contributed by atoms with E-state index in [1.807, 2.05) is 49.4 Å². The van der Waals surface area contributed by atoms with Gasteiger partial charge in [-0.2, -0.15) is 0 Å². The first-order chi connectivity index (χ1) is 8.70. The van der Waals surface area contributed by atoms with Crippen molar-refractivity contribution in [2.24, 2.45) is 11.8 Å². The number of amides is 1. The Morgan fingerprint density at radius 3 is 2.72 bits per heavy atom. The minimum absolute atomic E-state index is 0.0244. The van der Waals surface area contributed by atoms with Crippen molar-refractivity contribution in [1.82, 2.24) is 4.90 Å². The lowest BCUT2D eigenvalue weighted by atomic mass is 9.98. The fourth-order valence-corrected chi connectivity index (χ4v) is 3.07. The van der Waals surface area contributed by atoms with Crippen LogP contribution in [0.15, 0.2) is 42.5 Å². The SMILES string of the molecule is C[C@H](c1ccccc1)N1C(=O)[C@H]2CC=C[C@H]2[C@@H]1O. The predicted octanol–water partition coefficient (Wildman–Crippen LogP) is 2.10. The molecule has 1 saturated heterocycles. The number of aliphatic hydroxyl groups is 1. The number of benzene rings is 1. The second kappa shape index (κ2) is 4.25. The van der Waals surface area contributed by atoms with Gasteiger partial charge >= 0.3 is 0 Å². The zero-order valence-corrected chi connectivity index (χ0v) is 10.4. The first-order valence-corrected chi connectivity index (χ1v) is 6.42. The molecule has 0 saturated carbocycles. The Bertz CT molecular complexity index is 483. The number of allylic oxidation sites excluding steroid dienone is 1. The Balaban J connectivity index is 1.89. The van der Waals surface area contributed by atoms with Crippen LogP contribution >= 0.6 is 0 Å². The van der Waals surface area contributed by atoms with E-state index in [1.54, 1.807) is 4.90 Å². The van der Waals surface area contributed by atoms with Crippen molar-refractivity contribution in [3.05, 3.63) is 48.0 Å². The molecule has 3 heteroatoms. The van der Waals surface area contributed by atoms with Gasteiger partial charge in [-0.05, 0) is 18.9 Å². The number of carbonyl (C=O) groups excluding carboxylic acids is 1. The molecule has 0 bridgehead atoms. The van der Waals surface area contributed by atoms with Crippen LogP contribution in [0.4, 0.5) is 0 Å². The van der Waals surface area contributed by atoms with E-state index in [2.05, 4.69) is 0 Å². The lowest BCUT2D eigenvalue weighted by Gasteiger charge is -2.29. The van der Waals surface area contributed by atoms with Crippen LogP contribution in [0.5, 0.6) is 0 Å². The molecule has 1 amide bonds. The van der Waals surface area contributed by atoms with E-state index < -0.39 is 6.23 Å². The summed E-state index contributed by atoms with van der Waals surface area (Å²) in [4.78, 5) is 14.0. The first kappa shape index (κ1) is 11.5. The van der Waals surface area contributed by atoms with Crippen LogP contribution in [0.25, 0.3) is 0 Å². The van der Waals surface area contributed by atoms with Crippen molar-refractivity contribution < 1.29 is 9.90 Å². The molecule has 1 heterocycles. The maximum Gasteiger partial charge on any atom is 0.229 e. The Labute approximate surface area is 107 Å². The number of likely N-dealkylation sites (tertiary alicyclic amines) is 1. The number of aliphatic hydroxyl groups excluding tert-OH is 1. The number of hydrogen-bond donors (Lipinski definition) is 1. The highest BCUT2D eigenvalue weighted by molar-refractivity contribution is 5.83. The third kappa shape index (κ3) is 1.58. The summed E-state index contributed by atoms with van der Waals surface area (Å²) < 4.78 is 0. The summed E-state index contributed by atoms with van der Waals surface area (Å²) in [6.45, 7) is 1.97. The zero-order chi connectivity index (χ0) is 12.7. The lowest BCUT2D eigenvalue weighted by molar-refractivity contribution is -0.138. The minimum atomic E-state index is -0.684. The average Bonchev–Trinajstić information content (AvgIpc) is 2.95. The van der Waals surface area contributed by atoms with Crippen molar-refractivity contribution in [3.63, 3.8) is 0 Å². The highest BCUT2D eigenvalue weighted by Gasteiger charge is 2.49. The van der Waals surface area contributed by atoms with Gasteiger partial charge in [-0.1, -0.05) is 42.5 Å². The Morgan fingerprint density at radius 1 is 1.33 bits per heavy atom. The van der Waals surface area contributed by atoms with E-state index in [4.69, 9.17) is 0 Å². The normalized spacial score (nSPS) is 31.8. The third-order valence-electron chi connectivity index (χ3n) is 4.11. The molecule has 18 heavy (non-hydrogen) atoms. The molecule has 3 nitrogen and oxygen atoms in total. The highest BCUT2D eigenvalue weighted by atomic mass is 16.3. The summed E-state index contributed by atoms with van der Waals surface area (Å²) in [6.07, 6.45) is 4.06. The van der Waals surface area contributed by atoms with Gasteiger partial charge < -0.3 is 10.0 Å². The molecule has 94 valence electrons. The molecule has 1 fully saturated rings. The van der Waals surface area contributed by atoms with Crippen LogP contribution in [-0.2, 0) is 4.79 Å². The van der Waals surface area contributed by atoms with Crippen molar-refractivity contribution in [3.8, 4) is 0 Å². The second-order valence-electron chi connectivity index (χ2n) is 5.09. The largest absolute Gasteiger partial charge is 0.373 e. The Kier molecular flexibility index (Phi) is 2.71. The zero-order valence-electron chi connectivity index (χ0n) is 10.4. The molecule has 0 spiro atoms. The van der Waals surface area contributed by atoms with E-state index in [0.717, 1.165) is 12.0 Å². The molecule has 0 unspecified atom stereocenters. The second-order valence-corrected chi connectivity index (χ2v) is 5.09. The number of rotatable bonds is 2. The van der Waals surface area contributed by atoms with E-state index >= 15 is 0 Å². The fraction of sp³-hybridized carbons (Fsp3) is 0.400. The summed E-state index contributed by atoms with van der Waals surface area (Å²) in [5.74, 6) is 0.00341. The van der Waals surface area contributed by atoms with Crippen LogP contribution < -0.4 is 0 Å². The van der Waals surface area contributed by atoms with Crippen LogP contribution in [-0.4, -0.2) is 22.1 Å². The van der Waals surface area contributed by atoms with E-state index in [9.17, 15) is 9.90 Å². The van der Waals surface area contributed by atoms with Crippen LogP contribution in [0.2, 0.25) is 0 Å². The van der Waals surface area contributed by atoms with Crippen molar-refractivity contribution in [1.29, 1.82) is 0 Å². The fourth-order valence-electron chi connectivity index (χ4n) is 3.07. The van der Waals surface area contributed by atoms with Gasteiger partial charge in [0.1, 0.15) is 6.23 Å². The maximum absolute atomic E-state index is 12.3. The number of nitrogens with zero attached hydrogens (tertiary/aromatic N) is 1. The summed E-state index contributed by atoms with van der Waals surface area (Å²) in [6, 6.07) is 9.78. The molecule has 0 radical (unpaired) electrons. The molecule has 0 aromatic heterocycles. The van der Waals surface area contributed by atoms with E-state index in [0.29, 0.717) is 0 Å². The van der Waals surface area contributed by atoms with Gasteiger partial charge in [-0.15, -0.1) is 0 Å². The van der Waals surface area contributed by atoms with Crippen molar-refractivity contribution in [2.75, 3.05) is 0 Å². The minimum Gasteiger partial charge on any atom is -0.373 e. The molecule has 1 aromatic rings. The third-order valence-corrected chi connectivity index (χ3v) is 4.11. The molecule has 1 N–H and O–H groups in total. The van der Waals surface area contributed by atoms with Gasteiger partial charge in [0, 0.05) is 5.92 Å². The summed E-state index contributed by atoms with van der Waals surface area (Å²) in [7, 11) is 0. The molecule has 2 aliphatic rings. The predicted molar refractivity (Wildman–Crippen MR) is 68.4 cm³/mol. The van der Waals surface area contributed by atoms with Crippen LogP contribution in [0.1, 0.15) is 24.9 Å². The number of hydrogen-bond acceptors (Lipinski definition) is 2. The van der Waals surface area contributed by atoms with E-state index in [1.165, 1.54) is 0 Å². The molecule has 3 rings (SSSR count). The summed E-state index contributed by atoms with van der Waals surface area (Å²) in [5, 5.41) is 10.3. The molecule has 1 aromatic carbocycles. The van der Waals surface area contributed by atoms with Gasteiger partial charge in [0.2, 0.25) is 5.91 Å². The van der Waals surface area contributed by atoms with Gasteiger partial charge in [0.15, 0.2) is 0 Å². The lowest BCUT2D eigenvalue weighted by Crippen LogP contribution is -2.37. The molecular formula is C15H17NO2. The molecule has 1 aliphatic heterocycles. The molecule has 1 aliphatic carbocycles. The summed E-state index contributed by atoms with van der Waals surface area (Å²) in [5.41, 5.74) is 1.06. The Hall–Kier alpha value is -1.61. The molecular weight excluding hydrogens is 226 g/mol. The van der Waals surface area contributed by atoms with Crippen molar-refractivity contribution >= 4 is 5.91 Å². The Morgan fingerprint density at radius 2 is 2.06 bits per heavy atom. The van der Waals surface area contributed by atoms with Crippen LogP contribution in [0, 0.1) is 11.8 Å². The van der Waals surface area contributed by atoms with E-state index in [-0.39, 0.29) is 23.8 Å². The summed E-state index contributed by atoms with van der Waals surface area (Å²) >= 11 is 0. The number of carbonyl (C=O) groups is 1. The highest BCUT2D eigenvalue weighted by Crippen LogP contribution is 2.41. The van der Waals surface area contributed by atoms with Gasteiger partial charge in [0.05, 0.1) is 12.0 Å². The van der Waals surface area contributed by atoms with Gasteiger partial charge in [-0.3, -0.25) is 4.79 Å².